The topological polar surface area (TPSA) is 29.1 Å². The molecule has 0 heterocycles. The van der Waals surface area contributed by atoms with Crippen LogP contribution >= 0.6 is 0 Å². The van der Waals surface area contributed by atoms with Crippen molar-refractivity contribution in [2.45, 2.75) is 19.8 Å². The van der Waals surface area contributed by atoms with Crippen molar-refractivity contribution < 1.29 is 4.79 Å². The molecule has 0 aliphatic heterocycles. The van der Waals surface area contributed by atoms with Crippen LogP contribution in [0.5, 0.6) is 0 Å². The number of rotatable bonds is 5. The summed E-state index contributed by atoms with van der Waals surface area (Å²) in [6, 6.07) is 10.1. The molecule has 0 bridgehead atoms. The molecule has 2 nitrogen and oxygen atoms in total. The lowest BCUT2D eigenvalue weighted by Crippen LogP contribution is -2.23. The first-order chi connectivity index (χ1) is 7.33. The molecule has 0 saturated heterocycles. The SMILES string of the molecule is CC/C=C/C(=O)NCCc1ccccc1. The third-order valence-electron chi connectivity index (χ3n) is 2.06. The van der Waals surface area contributed by atoms with Gasteiger partial charge in [-0.25, -0.2) is 0 Å². The van der Waals surface area contributed by atoms with Gasteiger partial charge in [0.15, 0.2) is 0 Å². The summed E-state index contributed by atoms with van der Waals surface area (Å²) in [6.45, 7) is 2.70. The number of nitrogens with one attached hydrogen (secondary N) is 1. The predicted octanol–water partition coefficient (Wildman–Crippen LogP) is 2.31. The van der Waals surface area contributed by atoms with Gasteiger partial charge in [0.25, 0.3) is 0 Å². The summed E-state index contributed by atoms with van der Waals surface area (Å²) in [7, 11) is 0. The monoisotopic (exact) mass is 203 g/mol. The zero-order valence-corrected chi connectivity index (χ0v) is 9.07. The minimum Gasteiger partial charge on any atom is -0.352 e. The molecular weight excluding hydrogens is 186 g/mol. The van der Waals surface area contributed by atoms with Gasteiger partial charge in [0, 0.05) is 6.54 Å². The van der Waals surface area contributed by atoms with Crippen molar-refractivity contribution in [2.24, 2.45) is 0 Å². The zero-order valence-electron chi connectivity index (χ0n) is 9.07. The van der Waals surface area contributed by atoms with E-state index in [4.69, 9.17) is 0 Å². The molecule has 1 N–H and O–H groups in total. The predicted molar refractivity (Wildman–Crippen MR) is 62.6 cm³/mol. The first-order valence-corrected chi connectivity index (χ1v) is 5.31. The molecule has 0 spiro atoms. The number of carbonyl (C=O) groups is 1. The van der Waals surface area contributed by atoms with Crippen molar-refractivity contribution in [1.29, 1.82) is 0 Å². The normalized spacial score (nSPS) is 10.5. The van der Waals surface area contributed by atoms with Gasteiger partial charge in [0.1, 0.15) is 0 Å². The fourth-order valence-corrected chi connectivity index (χ4v) is 1.26. The Balaban J connectivity index is 2.22. The van der Waals surface area contributed by atoms with E-state index >= 15 is 0 Å². The first-order valence-electron chi connectivity index (χ1n) is 5.31. The first kappa shape index (κ1) is 11.5. The van der Waals surface area contributed by atoms with Crippen LogP contribution in [0.2, 0.25) is 0 Å². The van der Waals surface area contributed by atoms with Crippen molar-refractivity contribution in [1.82, 2.24) is 5.32 Å². The van der Waals surface area contributed by atoms with Crippen LogP contribution in [0.4, 0.5) is 0 Å². The van der Waals surface area contributed by atoms with Crippen LogP contribution in [0.1, 0.15) is 18.9 Å². The number of carbonyl (C=O) groups excluding carboxylic acids is 1. The molecule has 0 radical (unpaired) electrons. The van der Waals surface area contributed by atoms with Crippen molar-refractivity contribution in [3.05, 3.63) is 48.0 Å². The summed E-state index contributed by atoms with van der Waals surface area (Å²) in [5.74, 6) is -0.00668. The van der Waals surface area contributed by atoms with Crippen molar-refractivity contribution in [2.75, 3.05) is 6.54 Å². The Kier molecular flexibility index (Phi) is 5.23. The van der Waals surface area contributed by atoms with Crippen LogP contribution in [0.25, 0.3) is 0 Å². The van der Waals surface area contributed by atoms with Gasteiger partial charge in [0.05, 0.1) is 0 Å². The molecule has 0 atom stereocenters. The van der Waals surface area contributed by atoms with E-state index < -0.39 is 0 Å². The van der Waals surface area contributed by atoms with Crippen LogP contribution in [-0.2, 0) is 11.2 Å². The molecule has 1 aromatic rings. The molecule has 0 aliphatic rings. The molecule has 0 saturated carbocycles. The Bertz CT molecular complexity index is 317. The van der Waals surface area contributed by atoms with E-state index in [0.717, 1.165) is 12.8 Å². The van der Waals surface area contributed by atoms with Crippen LogP contribution in [0.15, 0.2) is 42.5 Å². The van der Waals surface area contributed by atoms with Crippen LogP contribution in [0.3, 0.4) is 0 Å². The van der Waals surface area contributed by atoms with E-state index in [1.807, 2.05) is 31.2 Å². The van der Waals surface area contributed by atoms with Crippen molar-refractivity contribution >= 4 is 5.91 Å². The maximum Gasteiger partial charge on any atom is 0.243 e. The van der Waals surface area contributed by atoms with Gasteiger partial charge in [-0.15, -0.1) is 0 Å². The van der Waals surface area contributed by atoms with Gasteiger partial charge in [0.2, 0.25) is 5.91 Å². The molecule has 80 valence electrons. The molecule has 0 fully saturated rings. The van der Waals surface area contributed by atoms with Crippen LogP contribution < -0.4 is 5.32 Å². The second kappa shape index (κ2) is 6.82. The summed E-state index contributed by atoms with van der Waals surface area (Å²) in [4.78, 5) is 11.2. The zero-order chi connectivity index (χ0) is 10.9. The molecule has 0 unspecified atom stereocenters. The van der Waals surface area contributed by atoms with E-state index in [9.17, 15) is 4.79 Å². The Hall–Kier alpha value is -1.57. The fraction of sp³-hybridized carbons (Fsp3) is 0.308. The van der Waals surface area contributed by atoms with E-state index in [1.165, 1.54) is 5.56 Å². The summed E-state index contributed by atoms with van der Waals surface area (Å²) in [5, 5.41) is 2.84. The molecule has 15 heavy (non-hydrogen) atoms. The number of allylic oxidation sites excluding steroid dienone is 1. The smallest absolute Gasteiger partial charge is 0.243 e. The molecule has 2 heteroatoms. The Morgan fingerprint density at radius 3 is 2.73 bits per heavy atom. The van der Waals surface area contributed by atoms with E-state index in [1.54, 1.807) is 6.08 Å². The fourth-order valence-electron chi connectivity index (χ4n) is 1.26. The summed E-state index contributed by atoms with van der Waals surface area (Å²) in [6.07, 6.45) is 5.22. The summed E-state index contributed by atoms with van der Waals surface area (Å²) in [5.41, 5.74) is 1.25. The molecule has 1 aromatic carbocycles. The van der Waals surface area contributed by atoms with Crippen LogP contribution in [-0.4, -0.2) is 12.5 Å². The average molecular weight is 203 g/mol. The van der Waals surface area contributed by atoms with E-state index in [2.05, 4.69) is 17.4 Å². The van der Waals surface area contributed by atoms with Gasteiger partial charge in [-0.1, -0.05) is 43.3 Å². The Morgan fingerprint density at radius 2 is 2.07 bits per heavy atom. The minimum absolute atomic E-state index is 0.00668. The maximum absolute atomic E-state index is 11.2. The molecule has 0 aliphatic carbocycles. The second-order valence-electron chi connectivity index (χ2n) is 3.34. The molecule has 1 amide bonds. The quantitative estimate of drug-likeness (QED) is 0.731. The number of hydrogen-bond donors (Lipinski definition) is 1. The standard InChI is InChI=1S/C13H17NO/c1-2-3-9-13(15)14-11-10-12-7-5-4-6-8-12/h3-9H,2,10-11H2,1H3,(H,14,15)/b9-3+. The van der Waals surface area contributed by atoms with Crippen molar-refractivity contribution in [3.63, 3.8) is 0 Å². The maximum atomic E-state index is 11.2. The van der Waals surface area contributed by atoms with Crippen molar-refractivity contribution in [3.8, 4) is 0 Å². The number of amides is 1. The van der Waals surface area contributed by atoms with Gasteiger partial charge in [-0.3, -0.25) is 4.79 Å². The minimum atomic E-state index is -0.00668. The molecule has 1 rings (SSSR count). The summed E-state index contributed by atoms with van der Waals surface area (Å²) >= 11 is 0. The lowest BCUT2D eigenvalue weighted by Gasteiger charge is -2.02. The highest BCUT2D eigenvalue weighted by Crippen LogP contribution is 1.97. The lowest BCUT2D eigenvalue weighted by molar-refractivity contribution is -0.116. The highest BCUT2D eigenvalue weighted by Gasteiger charge is 1.94. The van der Waals surface area contributed by atoms with E-state index in [-0.39, 0.29) is 5.91 Å². The number of benzene rings is 1. The van der Waals surface area contributed by atoms with Gasteiger partial charge < -0.3 is 5.32 Å². The van der Waals surface area contributed by atoms with E-state index in [0.29, 0.717) is 6.54 Å². The third kappa shape index (κ3) is 5.01. The summed E-state index contributed by atoms with van der Waals surface area (Å²) < 4.78 is 0. The van der Waals surface area contributed by atoms with Gasteiger partial charge >= 0.3 is 0 Å². The third-order valence-corrected chi connectivity index (χ3v) is 2.06. The van der Waals surface area contributed by atoms with Crippen LogP contribution in [0, 0.1) is 0 Å². The number of hydrogen-bond acceptors (Lipinski definition) is 1. The Labute approximate surface area is 91.0 Å². The largest absolute Gasteiger partial charge is 0.352 e. The highest BCUT2D eigenvalue weighted by molar-refractivity contribution is 5.87. The lowest BCUT2D eigenvalue weighted by atomic mass is 10.1. The van der Waals surface area contributed by atoms with Gasteiger partial charge in [-0.05, 0) is 24.5 Å². The molecular formula is C13H17NO. The average Bonchev–Trinajstić information content (AvgIpc) is 2.28. The Morgan fingerprint density at radius 1 is 1.33 bits per heavy atom. The highest BCUT2D eigenvalue weighted by atomic mass is 16.1. The van der Waals surface area contributed by atoms with Gasteiger partial charge in [-0.2, -0.15) is 0 Å². The molecule has 0 aromatic heterocycles. The second-order valence-corrected chi connectivity index (χ2v) is 3.34.